The number of carboxylic acids is 1. The third-order valence-corrected chi connectivity index (χ3v) is 3.07. The molecule has 2 aromatic rings. The Morgan fingerprint density at radius 1 is 1.32 bits per heavy atom. The number of aromatic amines is 1. The molecule has 0 bridgehead atoms. The first-order chi connectivity index (χ1) is 9.11. The molecule has 2 N–H and O–H groups in total. The quantitative estimate of drug-likeness (QED) is 0.864. The van der Waals surface area contributed by atoms with E-state index >= 15 is 0 Å². The molecule has 0 saturated carbocycles. The molecule has 1 aromatic carbocycles. The summed E-state index contributed by atoms with van der Waals surface area (Å²) in [5.74, 6) is -1.04. The minimum atomic E-state index is -0.897. The molecule has 5 nitrogen and oxygen atoms in total. The van der Waals surface area contributed by atoms with Crippen LogP contribution in [0.15, 0.2) is 30.5 Å². The van der Waals surface area contributed by atoms with Gasteiger partial charge in [0.1, 0.15) is 0 Å². The van der Waals surface area contributed by atoms with Crippen molar-refractivity contribution in [2.75, 3.05) is 13.1 Å². The Morgan fingerprint density at radius 2 is 2.11 bits per heavy atom. The summed E-state index contributed by atoms with van der Waals surface area (Å²) in [6.07, 6.45) is 1.78. The number of nitrogens with zero attached hydrogens (tertiary/aromatic N) is 1. The number of aromatic nitrogens is 1. The molecule has 0 saturated heterocycles. The van der Waals surface area contributed by atoms with Crippen LogP contribution >= 0.6 is 0 Å². The van der Waals surface area contributed by atoms with Gasteiger partial charge in [-0.25, -0.2) is 0 Å². The number of nitrogens with one attached hydrogen (secondary N) is 1. The van der Waals surface area contributed by atoms with Crippen LogP contribution in [0.1, 0.15) is 23.7 Å². The number of hydrogen-bond donors (Lipinski definition) is 2. The van der Waals surface area contributed by atoms with E-state index in [0.29, 0.717) is 12.1 Å². The lowest BCUT2D eigenvalue weighted by molar-refractivity contribution is -0.137. The van der Waals surface area contributed by atoms with Crippen LogP contribution in [-0.4, -0.2) is 40.0 Å². The second kappa shape index (κ2) is 5.56. The standard InChI is InChI=1S/C14H16N2O3/c1-2-16(8-6-13(17)18)14(19)11-4-3-10-5-7-15-12(10)9-11/h3-5,7,9,15H,2,6,8H2,1H3,(H,17,18). The van der Waals surface area contributed by atoms with Crippen molar-refractivity contribution in [2.24, 2.45) is 0 Å². The largest absolute Gasteiger partial charge is 0.481 e. The molecule has 1 amide bonds. The van der Waals surface area contributed by atoms with Gasteiger partial charge >= 0.3 is 5.97 Å². The minimum absolute atomic E-state index is 0.0374. The van der Waals surface area contributed by atoms with E-state index < -0.39 is 5.97 Å². The molecule has 0 atom stereocenters. The molecule has 0 spiro atoms. The number of carbonyl (C=O) groups excluding carboxylic acids is 1. The summed E-state index contributed by atoms with van der Waals surface area (Å²) >= 11 is 0. The summed E-state index contributed by atoms with van der Waals surface area (Å²) in [5.41, 5.74) is 1.47. The maximum atomic E-state index is 12.3. The predicted molar refractivity (Wildman–Crippen MR) is 72.1 cm³/mol. The summed E-state index contributed by atoms with van der Waals surface area (Å²) in [4.78, 5) is 27.4. The molecule has 19 heavy (non-hydrogen) atoms. The zero-order valence-corrected chi connectivity index (χ0v) is 10.7. The first-order valence-electron chi connectivity index (χ1n) is 6.20. The van der Waals surface area contributed by atoms with Crippen LogP contribution in [0.5, 0.6) is 0 Å². The van der Waals surface area contributed by atoms with Gasteiger partial charge in [-0.05, 0) is 30.5 Å². The highest BCUT2D eigenvalue weighted by Crippen LogP contribution is 2.15. The van der Waals surface area contributed by atoms with E-state index in [-0.39, 0.29) is 18.9 Å². The highest BCUT2D eigenvalue weighted by atomic mass is 16.4. The second-order valence-corrected chi connectivity index (χ2v) is 4.31. The van der Waals surface area contributed by atoms with Crippen LogP contribution < -0.4 is 0 Å². The molecule has 100 valence electrons. The van der Waals surface area contributed by atoms with Gasteiger partial charge in [0.05, 0.1) is 6.42 Å². The molecule has 0 aliphatic rings. The van der Waals surface area contributed by atoms with Crippen molar-refractivity contribution in [3.8, 4) is 0 Å². The highest BCUT2D eigenvalue weighted by Gasteiger charge is 2.15. The summed E-state index contributed by atoms with van der Waals surface area (Å²) < 4.78 is 0. The van der Waals surface area contributed by atoms with Gasteiger partial charge < -0.3 is 15.0 Å². The van der Waals surface area contributed by atoms with Crippen molar-refractivity contribution in [2.45, 2.75) is 13.3 Å². The van der Waals surface area contributed by atoms with E-state index in [0.717, 1.165) is 10.9 Å². The zero-order valence-electron chi connectivity index (χ0n) is 10.7. The van der Waals surface area contributed by atoms with E-state index in [1.54, 1.807) is 12.1 Å². The maximum Gasteiger partial charge on any atom is 0.305 e. The maximum absolute atomic E-state index is 12.3. The molecule has 5 heteroatoms. The number of carboxylic acid groups (broad SMARTS) is 1. The lowest BCUT2D eigenvalue weighted by Gasteiger charge is -2.20. The van der Waals surface area contributed by atoms with Gasteiger partial charge in [0.25, 0.3) is 5.91 Å². The smallest absolute Gasteiger partial charge is 0.305 e. The molecule has 1 aromatic heterocycles. The van der Waals surface area contributed by atoms with Gasteiger partial charge in [-0.15, -0.1) is 0 Å². The Kier molecular flexibility index (Phi) is 3.85. The Labute approximate surface area is 110 Å². The lowest BCUT2D eigenvalue weighted by atomic mass is 10.1. The van der Waals surface area contributed by atoms with Gasteiger partial charge in [0.2, 0.25) is 0 Å². The third kappa shape index (κ3) is 2.93. The number of fused-ring (bicyclic) bond motifs is 1. The Bertz CT molecular complexity index is 604. The number of aliphatic carboxylic acids is 1. The SMILES string of the molecule is CCN(CCC(=O)O)C(=O)c1ccc2cc[nH]c2c1. The lowest BCUT2D eigenvalue weighted by Crippen LogP contribution is -2.32. The van der Waals surface area contributed by atoms with Crippen molar-refractivity contribution in [1.29, 1.82) is 0 Å². The van der Waals surface area contributed by atoms with Gasteiger partial charge in [-0.2, -0.15) is 0 Å². The molecule has 0 fully saturated rings. The first-order valence-corrected chi connectivity index (χ1v) is 6.20. The van der Waals surface area contributed by atoms with Crippen molar-refractivity contribution in [3.63, 3.8) is 0 Å². The zero-order chi connectivity index (χ0) is 13.8. The van der Waals surface area contributed by atoms with E-state index in [2.05, 4.69) is 4.98 Å². The van der Waals surface area contributed by atoms with Gasteiger partial charge in [0.15, 0.2) is 0 Å². The van der Waals surface area contributed by atoms with Crippen molar-refractivity contribution in [3.05, 3.63) is 36.0 Å². The number of hydrogen-bond acceptors (Lipinski definition) is 2. The summed E-state index contributed by atoms with van der Waals surface area (Å²) in [6.45, 7) is 2.56. The summed E-state index contributed by atoms with van der Waals surface area (Å²) in [6, 6.07) is 7.37. The van der Waals surface area contributed by atoms with Gasteiger partial charge in [-0.1, -0.05) is 6.07 Å². The molecule has 1 heterocycles. The summed E-state index contributed by atoms with van der Waals surface area (Å²) in [5, 5.41) is 9.73. The molecule has 2 rings (SSSR count). The van der Waals surface area contributed by atoms with Gasteiger partial charge in [-0.3, -0.25) is 9.59 Å². The van der Waals surface area contributed by atoms with Crippen LogP contribution in [0.2, 0.25) is 0 Å². The fraction of sp³-hybridized carbons (Fsp3) is 0.286. The van der Waals surface area contributed by atoms with Crippen LogP contribution in [-0.2, 0) is 4.79 Å². The molecular weight excluding hydrogens is 244 g/mol. The monoisotopic (exact) mass is 260 g/mol. The molecule has 0 unspecified atom stereocenters. The van der Waals surface area contributed by atoms with E-state index in [1.807, 2.05) is 25.3 Å². The number of H-pyrrole nitrogens is 1. The van der Waals surface area contributed by atoms with E-state index in [4.69, 9.17) is 5.11 Å². The molecular formula is C14H16N2O3. The fourth-order valence-corrected chi connectivity index (χ4v) is 2.00. The average molecular weight is 260 g/mol. The van der Waals surface area contributed by atoms with Crippen molar-refractivity contribution >= 4 is 22.8 Å². The Hall–Kier alpha value is -2.30. The highest BCUT2D eigenvalue weighted by molar-refractivity contribution is 5.98. The van der Waals surface area contributed by atoms with Gasteiger partial charge in [0, 0.05) is 30.4 Å². The van der Waals surface area contributed by atoms with Crippen molar-refractivity contribution < 1.29 is 14.7 Å². The number of rotatable bonds is 5. The number of benzene rings is 1. The van der Waals surface area contributed by atoms with E-state index in [9.17, 15) is 9.59 Å². The van der Waals surface area contributed by atoms with Crippen LogP contribution in [0, 0.1) is 0 Å². The topological polar surface area (TPSA) is 73.4 Å². The molecule has 0 radical (unpaired) electrons. The van der Waals surface area contributed by atoms with Crippen LogP contribution in [0.3, 0.4) is 0 Å². The minimum Gasteiger partial charge on any atom is -0.481 e. The predicted octanol–water partition coefficient (Wildman–Crippen LogP) is 2.10. The number of carbonyl (C=O) groups is 2. The normalized spacial score (nSPS) is 10.6. The number of amides is 1. The van der Waals surface area contributed by atoms with Crippen LogP contribution in [0.25, 0.3) is 10.9 Å². The molecule has 0 aliphatic carbocycles. The Balaban J connectivity index is 2.18. The second-order valence-electron chi connectivity index (χ2n) is 4.31. The fourth-order valence-electron chi connectivity index (χ4n) is 2.00. The third-order valence-electron chi connectivity index (χ3n) is 3.07. The van der Waals surface area contributed by atoms with Crippen molar-refractivity contribution in [1.82, 2.24) is 9.88 Å². The average Bonchev–Trinajstić information content (AvgIpc) is 2.85. The Morgan fingerprint density at radius 3 is 2.79 bits per heavy atom. The summed E-state index contributed by atoms with van der Waals surface area (Å²) in [7, 11) is 0. The first kappa shape index (κ1) is 13.1. The van der Waals surface area contributed by atoms with Crippen LogP contribution in [0.4, 0.5) is 0 Å². The van der Waals surface area contributed by atoms with E-state index in [1.165, 1.54) is 4.90 Å². The molecule has 0 aliphatic heterocycles.